The maximum Gasteiger partial charge on any atom is 0.123 e. The zero-order valence-corrected chi connectivity index (χ0v) is 10.5. The van der Waals surface area contributed by atoms with E-state index >= 15 is 0 Å². The number of likely N-dealkylation sites (tertiary alicyclic amines) is 1. The lowest BCUT2D eigenvalue weighted by Crippen LogP contribution is -2.17. The fourth-order valence-corrected chi connectivity index (χ4v) is 2.71. The standard InChI is InChI=1S/C15H17FN2/c1-18-10-2-3-15(18)14-9-8-13(17-14)11-4-6-12(16)7-5-11/h4-9,15,17H,2-3,10H2,1H3. The fraction of sp³-hybridized carbons (Fsp3) is 0.333. The molecule has 1 fully saturated rings. The lowest BCUT2D eigenvalue weighted by molar-refractivity contribution is 0.313. The molecule has 1 aliphatic rings. The highest BCUT2D eigenvalue weighted by Gasteiger charge is 2.23. The van der Waals surface area contributed by atoms with Gasteiger partial charge < -0.3 is 4.98 Å². The molecule has 0 saturated carbocycles. The molecule has 0 bridgehead atoms. The van der Waals surface area contributed by atoms with Crippen LogP contribution in [-0.4, -0.2) is 23.5 Å². The molecule has 3 heteroatoms. The van der Waals surface area contributed by atoms with Gasteiger partial charge in [0.2, 0.25) is 0 Å². The van der Waals surface area contributed by atoms with E-state index in [1.165, 1.54) is 30.7 Å². The normalized spacial score (nSPS) is 20.4. The fourth-order valence-electron chi connectivity index (χ4n) is 2.71. The van der Waals surface area contributed by atoms with Crippen molar-refractivity contribution in [2.75, 3.05) is 13.6 Å². The van der Waals surface area contributed by atoms with Gasteiger partial charge in [0.1, 0.15) is 5.82 Å². The van der Waals surface area contributed by atoms with E-state index in [4.69, 9.17) is 0 Å². The van der Waals surface area contributed by atoms with Crippen molar-refractivity contribution in [3.63, 3.8) is 0 Å². The Balaban J connectivity index is 1.87. The summed E-state index contributed by atoms with van der Waals surface area (Å²) in [4.78, 5) is 5.83. The van der Waals surface area contributed by atoms with Crippen LogP contribution in [0.4, 0.5) is 4.39 Å². The molecule has 0 spiro atoms. The molecule has 2 nitrogen and oxygen atoms in total. The Bertz CT molecular complexity index is 530. The molecule has 0 aliphatic carbocycles. The van der Waals surface area contributed by atoms with Gasteiger partial charge in [-0.15, -0.1) is 0 Å². The van der Waals surface area contributed by atoms with Crippen LogP contribution in [0, 0.1) is 5.82 Å². The zero-order chi connectivity index (χ0) is 12.5. The molecule has 1 atom stereocenters. The van der Waals surface area contributed by atoms with Crippen molar-refractivity contribution in [2.45, 2.75) is 18.9 Å². The molecule has 1 saturated heterocycles. The first-order chi connectivity index (χ1) is 8.74. The Morgan fingerprint density at radius 3 is 2.61 bits per heavy atom. The third-order valence-electron chi connectivity index (χ3n) is 3.74. The molecule has 18 heavy (non-hydrogen) atoms. The van der Waals surface area contributed by atoms with Gasteiger partial charge in [0.05, 0.1) is 0 Å². The number of hydrogen-bond acceptors (Lipinski definition) is 1. The maximum absolute atomic E-state index is 12.9. The molecule has 2 heterocycles. The number of aromatic nitrogens is 1. The first-order valence-electron chi connectivity index (χ1n) is 6.39. The van der Waals surface area contributed by atoms with Crippen LogP contribution in [-0.2, 0) is 0 Å². The van der Waals surface area contributed by atoms with Crippen LogP contribution in [0.25, 0.3) is 11.3 Å². The second kappa shape index (κ2) is 4.58. The summed E-state index contributed by atoms with van der Waals surface area (Å²) < 4.78 is 12.9. The molecule has 1 unspecified atom stereocenters. The van der Waals surface area contributed by atoms with Crippen LogP contribution >= 0.6 is 0 Å². The molecular formula is C15H17FN2. The largest absolute Gasteiger partial charge is 0.357 e. The van der Waals surface area contributed by atoms with Gasteiger partial charge in [-0.1, -0.05) is 0 Å². The second-order valence-corrected chi connectivity index (χ2v) is 4.97. The summed E-state index contributed by atoms with van der Waals surface area (Å²) in [7, 11) is 2.16. The van der Waals surface area contributed by atoms with Crippen molar-refractivity contribution >= 4 is 0 Å². The van der Waals surface area contributed by atoms with Gasteiger partial charge in [0.15, 0.2) is 0 Å². The van der Waals surface area contributed by atoms with Gasteiger partial charge >= 0.3 is 0 Å². The van der Waals surface area contributed by atoms with E-state index in [0.717, 1.165) is 17.8 Å². The van der Waals surface area contributed by atoms with E-state index in [1.54, 1.807) is 0 Å². The van der Waals surface area contributed by atoms with E-state index in [0.29, 0.717) is 6.04 Å². The summed E-state index contributed by atoms with van der Waals surface area (Å²) in [5, 5.41) is 0. The van der Waals surface area contributed by atoms with Crippen LogP contribution in [0.2, 0.25) is 0 Å². The first-order valence-corrected chi connectivity index (χ1v) is 6.39. The third-order valence-corrected chi connectivity index (χ3v) is 3.74. The average Bonchev–Trinajstić information content (AvgIpc) is 2.98. The highest BCUT2D eigenvalue weighted by atomic mass is 19.1. The van der Waals surface area contributed by atoms with Crippen molar-refractivity contribution in [2.24, 2.45) is 0 Å². The Kier molecular flexibility index (Phi) is 2.92. The molecule has 3 rings (SSSR count). The van der Waals surface area contributed by atoms with Crippen molar-refractivity contribution in [3.05, 3.63) is 47.9 Å². The Morgan fingerprint density at radius 2 is 1.94 bits per heavy atom. The van der Waals surface area contributed by atoms with E-state index in [1.807, 2.05) is 12.1 Å². The predicted octanol–water partition coefficient (Wildman–Crippen LogP) is 3.59. The quantitative estimate of drug-likeness (QED) is 0.855. The van der Waals surface area contributed by atoms with Gasteiger partial charge in [-0.3, -0.25) is 4.90 Å². The first kappa shape index (κ1) is 11.5. The summed E-state index contributed by atoms with van der Waals surface area (Å²) in [6.45, 7) is 1.16. The minimum Gasteiger partial charge on any atom is -0.357 e. The molecule has 1 N–H and O–H groups in total. The van der Waals surface area contributed by atoms with Crippen molar-refractivity contribution in [1.29, 1.82) is 0 Å². The number of halogens is 1. The molecule has 0 radical (unpaired) electrons. The maximum atomic E-state index is 12.9. The number of H-pyrrole nitrogens is 1. The number of rotatable bonds is 2. The number of aromatic amines is 1. The van der Waals surface area contributed by atoms with Crippen LogP contribution in [0.15, 0.2) is 36.4 Å². The van der Waals surface area contributed by atoms with Crippen molar-refractivity contribution in [3.8, 4) is 11.3 Å². The minimum absolute atomic E-state index is 0.193. The number of nitrogens with zero attached hydrogens (tertiary/aromatic N) is 1. The average molecular weight is 244 g/mol. The van der Waals surface area contributed by atoms with Crippen molar-refractivity contribution in [1.82, 2.24) is 9.88 Å². The van der Waals surface area contributed by atoms with Gasteiger partial charge in [-0.05, 0) is 68.4 Å². The smallest absolute Gasteiger partial charge is 0.123 e. The van der Waals surface area contributed by atoms with E-state index in [2.05, 4.69) is 29.1 Å². The van der Waals surface area contributed by atoms with Crippen LogP contribution < -0.4 is 0 Å². The molecule has 0 amide bonds. The van der Waals surface area contributed by atoms with Gasteiger partial charge in [0.25, 0.3) is 0 Å². The minimum atomic E-state index is -0.193. The zero-order valence-electron chi connectivity index (χ0n) is 10.5. The van der Waals surface area contributed by atoms with Crippen molar-refractivity contribution < 1.29 is 4.39 Å². The lowest BCUT2D eigenvalue weighted by atomic mass is 10.1. The third kappa shape index (κ3) is 2.06. The molecule has 94 valence electrons. The van der Waals surface area contributed by atoms with Gasteiger partial charge in [-0.2, -0.15) is 0 Å². The summed E-state index contributed by atoms with van der Waals surface area (Å²) in [5.74, 6) is -0.193. The molecule has 2 aromatic rings. The SMILES string of the molecule is CN1CCCC1c1ccc(-c2ccc(F)cc2)[nH]1. The van der Waals surface area contributed by atoms with Gasteiger partial charge in [0, 0.05) is 17.4 Å². The van der Waals surface area contributed by atoms with Gasteiger partial charge in [-0.25, -0.2) is 4.39 Å². The van der Waals surface area contributed by atoms with Crippen LogP contribution in [0.1, 0.15) is 24.6 Å². The topological polar surface area (TPSA) is 19.0 Å². The second-order valence-electron chi connectivity index (χ2n) is 4.97. The van der Waals surface area contributed by atoms with E-state index < -0.39 is 0 Å². The lowest BCUT2D eigenvalue weighted by Gasteiger charge is -2.17. The molecular weight excluding hydrogens is 227 g/mol. The summed E-state index contributed by atoms with van der Waals surface area (Å²) in [6, 6.07) is 11.3. The highest BCUT2D eigenvalue weighted by molar-refractivity contribution is 5.59. The van der Waals surface area contributed by atoms with E-state index in [9.17, 15) is 4.39 Å². The van der Waals surface area contributed by atoms with Crippen LogP contribution in [0.3, 0.4) is 0 Å². The number of benzene rings is 1. The monoisotopic (exact) mass is 244 g/mol. The number of hydrogen-bond donors (Lipinski definition) is 1. The summed E-state index contributed by atoms with van der Waals surface area (Å²) >= 11 is 0. The Labute approximate surface area is 106 Å². The predicted molar refractivity (Wildman–Crippen MR) is 70.8 cm³/mol. The van der Waals surface area contributed by atoms with E-state index in [-0.39, 0.29) is 5.82 Å². The van der Waals surface area contributed by atoms with Crippen LogP contribution in [0.5, 0.6) is 0 Å². The Morgan fingerprint density at radius 1 is 1.17 bits per heavy atom. The number of nitrogens with one attached hydrogen (secondary N) is 1. The highest BCUT2D eigenvalue weighted by Crippen LogP contribution is 2.31. The summed E-state index contributed by atoms with van der Waals surface area (Å²) in [5.41, 5.74) is 3.35. The molecule has 1 aromatic carbocycles. The Hall–Kier alpha value is -1.61. The summed E-state index contributed by atoms with van der Waals surface area (Å²) in [6.07, 6.45) is 2.46. The molecule has 1 aromatic heterocycles. The molecule has 1 aliphatic heterocycles.